The van der Waals surface area contributed by atoms with E-state index in [1.807, 2.05) is 0 Å². The molecular weight excluding hydrogens is 262 g/mol. The van der Waals surface area contributed by atoms with Gasteiger partial charge in [-0.1, -0.05) is 0 Å². The number of nitrogen functional groups attached to an aromatic ring is 1. The Bertz CT molecular complexity index is 543. The quantitative estimate of drug-likeness (QED) is 0.844. The fraction of sp³-hybridized carbons (Fsp3) is 0.500. The maximum atomic E-state index is 11.7. The summed E-state index contributed by atoms with van der Waals surface area (Å²) in [4.78, 5) is 12.1. The lowest BCUT2D eigenvalue weighted by Gasteiger charge is -2.20. The van der Waals surface area contributed by atoms with Crippen LogP contribution in [0.2, 0.25) is 0 Å². The van der Waals surface area contributed by atoms with Gasteiger partial charge in [0.15, 0.2) is 9.84 Å². The van der Waals surface area contributed by atoms with Crippen LogP contribution >= 0.6 is 11.3 Å². The van der Waals surface area contributed by atoms with Crippen LogP contribution < -0.4 is 5.73 Å². The van der Waals surface area contributed by atoms with Crippen molar-refractivity contribution in [3.8, 4) is 0 Å². The first kappa shape index (κ1) is 14.0. The second kappa shape index (κ2) is 4.30. The monoisotopic (exact) mass is 277 g/mol. The van der Waals surface area contributed by atoms with Crippen molar-refractivity contribution in [3.05, 3.63) is 15.8 Å². The number of thiophene rings is 1. The fourth-order valence-electron chi connectivity index (χ4n) is 1.14. The fourth-order valence-corrected chi connectivity index (χ4v) is 3.14. The van der Waals surface area contributed by atoms with Gasteiger partial charge in [-0.15, -0.1) is 11.3 Å². The van der Waals surface area contributed by atoms with Gasteiger partial charge in [-0.2, -0.15) is 0 Å². The number of anilines is 1. The summed E-state index contributed by atoms with van der Waals surface area (Å²) in [6.07, 6.45) is 1.15. The van der Waals surface area contributed by atoms with Gasteiger partial charge in [0.05, 0.1) is 12.8 Å². The van der Waals surface area contributed by atoms with Crippen molar-refractivity contribution in [3.63, 3.8) is 0 Å². The number of sulfone groups is 1. The molecule has 0 saturated heterocycles. The van der Waals surface area contributed by atoms with Crippen molar-refractivity contribution >= 4 is 32.8 Å². The molecule has 0 spiro atoms. The van der Waals surface area contributed by atoms with Gasteiger partial charge < -0.3 is 10.5 Å². The minimum absolute atomic E-state index is 0.235. The number of ether oxygens (including phenoxy) is 1. The summed E-state index contributed by atoms with van der Waals surface area (Å²) in [5, 5.41) is 0. The molecule has 0 amide bonds. The molecule has 0 bridgehead atoms. The summed E-state index contributed by atoms with van der Waals surface area (Å²) in [5.41, 5.74) is 5.92. The summed E-state index contributed by atoms with van der Waals surface area (Å²) in [7, 11) is -2.04. The van der Waals surface area contributed by atoms with E-state index in [1.165, 1.54) is 13.2 Å². The standard InChI is InChI=1S/C10H15NO4S2/c1-10(2,17(4,13)14)7-5-6(11)8(16-7)9(12)15-3/h5H,11H2,1-4H3. The molecule has 1 rings (SSSR count). The minimum Gasteiger partial charge on any atom is -0.465 e. The lowest BCUT2D eigenvalue weighted by Crippen LogP contribution is -2.26. The number of rotatable bonds is 3. The van der Waals surface area contributed by atoms with Crippen LogP contribution in [-0.2, 0) is 19.3 Å². The van der Waals surface area contributed by atoms with E-state index in [0.717, 1.165) is 17.6 Å². The summed E-state index contributed by atoms with van der Waals surface area (Å²) >= 11 is 1.05. The minimum atomic E-state index is -3.29. The molecule has 7 heteroatoms. The molecule has 0 atom stereocenters. The third-order valence-electron chi connectivity index (χ3n) is 2.65. The zero-order chi connectivity index (χ0) is 13.4. The van der Waals surface area contributed by atoms with E-state index >= 15 is 0 Å². The zero-order valence-corrected chi connectivity index (χ0v) is 11.7. The Morgan fingerprint density at radius 2 is 2.00 bits per heavy atom. The SMILES string of the molecule is COC(=O)c1sc(C(C)(C)S(C)(=O)=O)cc1N. The van der Waals surface area contributed by atoms with Crippen LogP contribution in [0.4, 0.5) is 5.69 Å². The molecule has 0 radical (unpaired) electrons. The van der Waals surface area contributed by atoms with Crippen LogP contribution in [0.25, 0.3) is 0 Å². The summed E-state index contributed by atoms with van der Waals surface area (Å²) in [6, 6.07) is 1.51. The van der Waals surface area contributed by atoms with Gasteiger partial charge in [0.2, 0.25) is 0 Å². The smallest absolute Gasteiger partial charge is 0.350 e. The Balaban J connectivity index is 3.32. The van der Waals surface area contributed by atoms with Gasteiger partial charge in [0.1, 0.15) is 9.62 Å². The predicted molar refractivity (Wildman–Crippen MR) is 67.9 cm³/mol. The molecule has 0 fully saturated rings. The normalized spacial score (nSPS) is 12.5. The summed E-state index contributed by atoms with van der Waals surface area (Å²) in [5.74, 6) is -0.553. The number of esters is 1. The highest BCUT2D eigenvalue weighted by molar-refractivity contribution is 7.91. The third-order valence-corrected chi connectivity index (χ3v) is 6.31. The van der Waals surface area contributed by atoms with E-state index in [1.54, 1.807) is 13.8 Å². The van der Waals surface area contributed by atoms with Gasteiger partial charge in [0, 0.05) is 11.1 Å². The van der Waals surface area contributed by atoms with Crippen LogP contribution in [0.5, 0.6) is 0 Å². The Labute approximate surface area is 105 Å². The highest BCUT2D eigenvalue weighted by Gasteiger charge is 2.35. The molecule has 5 nitrogen and oxygen atoms in total. The first-order valence-corrected chi connectivity index (χ1v) is 7.49. The second-order valence-corrected chi connectivity index (χ2v) is 7.79. The molecule has 0 unspecified atom stereocenters. The van der Waals surface area contributed by atoms with Crippen molar-refractivity contribution in [1.29, 1.82) is 0 Å². The topological polar surface area (TPSA) is 86.5 Å². The van der Waals surface area contributed by atoms with E-state index in [-0.39, 0.29) is 10.6 Å². The molecule has 0 saturated carbocycles. The number of carbonyl (C=O) groups excluding carboxylic acids is 1. The van der Waals surface area contributed by atoms with Gasteiger partial charge in [0.25, 0.3) is 0 Å². The molecule has 0 aliphatic heterocycles. The highest BCUT2D eigenvalue weighted by Crippen LogP contribution is 2.37. The first-order chi connectivity index (χ1) is 7.61. The van der Waals surface area contributed by atoms with Gasteiger partial charge in [-0.05, 0) is 19.9 Å². The van der Waals surface area contributed by atoms with Crippen LogP contribution in [-0.4, -0.2) is 27.8 Å². The van der Waals surface area contributed by atoms with Gasteiger partial charge in [-0.3, -0.25) is 0 Å². The maximum Gasteiger partial charge on any atom is 0.350 e. The largest absolute Gasteiger partial charge is 0.465 e. The van der Waals surface area contributed by atoms with Crippen molar-refractivity contribution in [2.45, 2.75) is 18.6 Å². The Hall–Kier alpha value is -1.08. The molecule has 1 aromatic rings. The van der Waals surface area contributed by atoms with Gasteiger partial charge >= 0.3 is 5.97 Å². The van der Waals surface area contributed by atoms with Crippen LogP contribution in [0.1, 0.15) is 28.4 Å². The van der Waals surface area contributed by atoms with Crippen molar-refractivity contribution < 1.29 is 17.9 Å². The van der Waals surface area contributed by atoms with E-state index in [0.29, 0.717) is 4.88 Å². The Morgan fingerprint density at radius 1 is 1.47 bits per heavy atom. The molecule has 0 aliphatic carbocycles. The Morgan fingerprint density at radius 3 is 2.41 bits per heavy atom. The Kier molecular flexibility index (Phi) is 3.54. The zero-order valence-electron chi connectivity index (χ0n) is 10.1. The maximum absolute atomic E-state index is 11.7. The van der Waals surface area contributed by atoms with E-state index in [2.05, 4.69) is 4.74 Å². The van der Waals surface area contributed by atoms with Gasteiger partial charge in [-0.25, -0.2) is 13.2 Å². The number of nitrogens with two attached hydrogens (primary N) is 1. The van der Waals surface area contributed by atoms with E-state index < -0.39 is 20.6 Å². The molecular formula is C10H15NO4S2. The summed E-state index contributed by atoms with van der Waals surface area (Å²) in [6.45, 7) is 3.16. The lowest BCUT2D eigenvalue weighted by atomic mass is 10.1. The van der Waals surface area contributed by atoms with Crippen molar-refractivity contribution in [1.82, 2.24) is 0 Å². The van der Waals surface area contributed by atoms with Crippen molar-refractivity contribution in [2.24, 2.45) is 0 Å². The number of carbonyl (C=O) groups is 1. The predicted octanol–water partition coefficient (Wildman–Crippen LogP) is 1.40. The van der Waals surface area contributed by atoms with E-state index in [9.17, 15) is 13.2 Å². The number of hydrogen-bond donors (Lipinski definition) is 1. The average molecular weight is 277 g/mol. The second-order valence-electron chi connectivity index (χ2n) is 4.17. The molecule has 1 aromatic heterocycles. The van der Waals surface area contributed by atoms with E-state index in [4.69, 9.17) is 5.73 Å². The molecule has 0 aromatic carbocycles. The van der Waals surface area contributed by atoms with Crippen LogP contribution in [0.15, 0.2) is 6.07 Å². The average Bonchev–Trinajstić information content (AvgIpc) is 2.58. The molecule has 0 aliphatic rings. The molecule has 1 heterocycles. The number of hydrogen-bond acceptors (Lipinski definition) is 6. The van der Waals surface area contributed by atoms with Crippen molar-refractivity contribution in [2.75, 3.05) is 19.1 Å². The highest BCUT2D eigenvalue weighted by atomic mass is 32.2. The van der Waals surface area contributed by atoms with Crippen LogP contribution in [0.3, 0.4) is 0 Å². The summed E-state index contributed by atoms with van der Waals surface area (Å²) < 4.78 is 26.8. The molecule has 2 N–H and O–H groups in total. The number of methoxy groups -OCH3 is 1. The first-order valence-electron chi connectivity index (χ1n) is 4.79. The molecule has 17 heavy (non-hydrogen) atoms. The van der Waals surface area contributed by atoms with Crippen LogP contribution in [0, 0.1) is 0 Å². The third kappa shape index (κ3) is 2.44. The lowest BCUT2D eigenvalue weighted by molar-refractivity contribution is 0.0607. The molecule has 96 valence electrons.